The molecule has 1 aromatic carbocycles. The minimum absolute atomic E-state index is 0.160. The highest BCUT2D eigenvalue weighted by atomic mass is 79.9. The van der Waals surface area contributed by atoms with Crippen molar-refractivity contribution in [3.05, 3.63) is 33.5 Å². The number of carbonyl (C=O) groups is 1. The highest BCUT2D eigenvalue weighted by Gasteiger charge is 2.11. The van der Waals surface area contributed by atoms with Crippen molar-refractivity contribution in [3.63, 3.8) is 0 Å². The average Bonchev–Trinajstić information content (AvgIpc) is 2.23. The van der Waals surface area contributed by atoms with Crippen molar-refractivity contribution >= 4 is 37.8 Å². The molecule has 0 atom stereocenters. The summed E-state index contributed by atoms with van der Waals surface area (Å²) in [5.74, 6) is -0.634. The Morgan fingerprint density at radius 3 is 2.69 bits per heavy atom. The van der Waals surface area contributed by atoms with E-state index in [4.69, 9.17) is 4.74 Å². The van der Waals surface area contributed by atoms with Crippen LogP contribution in [0.25, 0.3) is 0 Å². The van der Waals surface area contributed by atoms with Gasteiger partial charge in [-0.1, -0.05) is 15.9 Å². The van der Waals surface area contributed by atoms with E-state index < -0.39 is 0 Å². The molecule has 88 valence electrons. The molecule has 0 spiro atoms. The van der Waals surface area contributed by atoms with E-state index in [2.05, 4.69) is 31.9 Å². The molecule has 0 aliphatic heterocycles. The van der Waals surface area contributed by atoms with Gasteiger partial charge in [0.2, 0.25) is 0 Å². The summed E-state index contributed by atoms with van der Waals surface area (Å²) in [6.07, 6.45) is 0.160. The first kappa shape index (κ1) is 13.6. The smallest absolute Gasteiger partial charge is 0.310 e. The summed E-state index contributed by atoms with van der Waals surface area (Å²) in [7, 11) is 0. The molecule has 16 heavy (non-hydrogen) atoms. The normalized spacial score (nSPS) is 10.2. The molecule has 0 heterocycles. The van der Waals surface area contributed by atoms with Gasteiger partial charge in [-0.3, -0.25) is 4.79 Å². The first-order chi connectivity index (χ1) is 7.58. The SMILES string of the molecule is CCOC(=O)Cc1cc(Br)c(F)cc1CBr. The minimum Gasteiger partial charge on any atom is -0.466 e. The number of hydrogen-bond donors (Lipinski definition) is 0. The monoisotopic (exact) mass is 352 g/mol. The maximum Gasteiger partial charge on any atom is 0.310 e. The number of halogens is 3. The van der Waals surface area contributed by atoms with Crippen LogP contribution >= 0.6 is 31.9 Å². The Bertz CT molecular complexity index is 394. The van der Waals surface area contributed by atoms with E-state index in [9.17, 15) is 9.18 Å². The highest BCUT2D eigenvalue weighted by Crippen LogP contribution is 2.23. The zero-order valence-corrected chi connectivity index (χ0v) is 11.9. The Morgan fingerprint density at radius 1 is 1.44 bits per heavy atom. The molecular formula is C11H11Br2FO2. The third kappa shape index (κ3) is 3.56. The number of hydrogen-bond acceptors (Lipinski definition) is 2. The van der Waals surface area contributed by atoms with E-state index in [0.717, 1.165) is 11.1 Å². The quantitative estimate of drug-likeness (QED) is 0.610. The second kappa shape index (κ2) is 6.35. The Hall–Kier alpha value is -0.420. The number of benzene rings is 1. The van der Waals surface area contributed by atoms with Crippen molar-refractivity contribution in [1.29, 1.82) is 0 Å². The van der Waals surface area contributed by atoms with Crippen LogP contribution in [-0.4, -0.2) is 12.6 Å². The molecule has 0 N–H and O–H groups in total. The van der Waals surface area contributed by atoms with Crippen molar-refractivity contribution in [1.82, 2.24) is 0 Å². The Morgan fingerprint density at radius 2 is 2.12 bits per heavy atom. The van der Waals surface area contributed by atoms with Gasteiger partial charge in [0.1, 0.15) is 5.82 Å². The largest absolute Gasteiger partial charge is 0.466 e. The Labute approximate surface area is 110 Å². The van der Waals surface area contributed by atoms with Gasteiger partial charge in [-0.15, -0.1) is 0 Å². The van der Waals surface area contributed by atoms with Gasteiger partial charge in [0.15, 0.2) is 0 Å². The van der Waals surface area contributed by atoms with Gasteiger partial charge in [0.25, 0.3) is 0 Å². The van der Waals surface area contributed by atoms with Crippen molar-refractivity contribution < 1.29 is 13.9 Å². The molecule has 0 aliphatic carbocycles. The van der Waals surface area contributed by atoms with E-state index in [-0.39, 0.29) is 18.2 Å². The van der Waals surface area contributed by atoms with Gasteiger partial charge in [-0.25, -0.2) is 4.39 Å². The number of ether oxygens (including phenoxy) is 1. The number of alkyl halides is 1. The first-order valence-electron chi connectivity index (χ1n) is 4.76. The fourth-order valence-corrected chi connectivity index (χ4v) is 2.20. The summed E-state index contributed by atoms with van der Waals surface area (Å²) < 4.78 is 18.5. The van der Waals surface area contributed by atoms with Gasteiger partial charge in [-0.05, 0) is 46.1 Å². The fraction of sp³-hybridized carbons (Fsp3) is 0.364. The molecule has 0 aromatic heterocycles. The lowest BCUT2D eigenvalue weighted by Gasteiger charge is -2.08. The van der Waals surface area contributed by atoms with Crippen molar-refractivity contribution in [2.75, 3.05) is 6.61 Å². The van der Waals surface area contributed by atoms with Crippen LogP contribution in [-0.2, 0) is 21.3 Å². The fourth-order valence-electron chi connectivity index (χ4n) is 1.29. The van der Waals surface area contributed by atoms with E-state index in [1.807, 2.05) is 0 Å². The molecule has 0 saturated heterocycles. The van der Waals surface area contributed by atoms with Crippen LogP contribution < -0.4 is 0 Å². The van der Waals surface area contributed by atoms with Crippen molar-refractivity contribution in [2.24, 2.45) is 0 Å². The van der Waals surface area contributed by atoms with Crippen LogP contribution in [0.1, 0.15) is 18.1 Å². The molecular weight excluding hydrogens is 343 g/mol. The summed E-state index contributed by atoms with van der Waals surface area (Å²) in [5, 5.41) is 0.506. The molecule has 0 radical (unpaired) electrons. The second-order valence-corrected chi connectivity index (χ2v) is 4.57. The van der Waals surface area contributed by atoms with Gasteiger partial charge in [-0.2, -0.15) is 0 Å². The molecule has 1 rings (SSSR count). The molecule has 0 bridgehead atoms. The van der Waals surface area contributed by atoms with E-state index >= 15 is 0 Å². The van der Waals surface area contributed by atoms with Crippen LogP contribution in [0.5, 0.6) is 0 Å². The van der Waals surface area contributed by atoms with Crippen LogP contribution in [0.15, 0.2) is 16.6 Å². The lowest BCUT2D eigenvalue weighted by molar-refractivity contribution is -0.142. The van der Waals surface area contributed by atoms with Crippen LogP contribution in [0.4, 0.5) is 4.39 Å². The van der Waals surface area contributed by atoms with Crippen molar-refractivity contribution in [2.45, 2.75) is 18.7 Å². The number of esters is 1. The standard InChI is InChI=1S/C11H11Br2FO2/c1-2-16-11(15)5-7-3-9(13)10(14)4-8(7)6-12/h3-4H,2,5-6H2,1H3. The molecule has 0 amide bonds. The predicted molar refractivity (Wildman–Crippen MR) is 67.1 cm³/mol. The molecule has 5 heteroatoms. The van der Waals surface area contributed by atoms with E-state index in [1.54, 1.807) is 13.0 Å². The maximum absolute atomic E-state index is 13.2. The second-order valence-electron chi connectivity index (χ2n) is 3.15. The Kier molecular flexibility index (Phi) is 5.41. The summed E-state index contributed by atoms with van der Waals surface area (Å²) in [4.78, 5) is 11.3. The Balaban J connectivity index is 2.94. The highest BCUT2D eigenvalue weighted by molar-refractivity contribution is 9.10. The summed E-state index contributed by atoms with van der Waals surface area (Å²) in [6, 6.07) is 3.02. The predicted octanol–water partition coefficient (Wildman–Crippen LogP) is 3.59. The molecule has 0 aliphatic rings. The van der Waals surface area contributed by atoms with Crippen LogP contribution in [0.3, 0.4) is 0 Å². The third-order valence-corrected chi connectivity index (χ3v) is 3.24. The van der Waals surface area contributed by atoms with Gasteiger partial charge < -0.3 is 4.74 Å². The van der Waals surface area contributed by atoms with Crippen LogP contribution in [0.2, 0.25) is 0 Å². The van der Waals surface area contributed by atoms with E-state index in [1.165, 1.54) is 6.07 Å². The summed E-state index contributed by atoms with van der Waals surface area (Å²) in [6.45, 7) is 2.11. The zero-order valence-electron chi connectivity index (χ0n) is 8.73. The van der Waals surface area contributed by atoms with Gasteiger partial charge in [0.05, 0.1) is 17.5 Å². The summed E-state index contributed by atoms with van der Waals surface area (Å²) >= 11 is 6.36. The molecule has 0 saturated carbocycles. The molecule has 2 nitrogen and oxygen atoms in total. The number of carbonyl (C=O) groups excluding carboxylic acids is 1. The van der Waals surface area contributed by atoms with Gasteiger partial charge >= 0.3 is 5.97 Å². The maximum atomic E-state index is 13.2. The average molecular weight is 354 g/mol. The lowest BCUT2D eigenvalue weighted by Crippen LogP contribution is -2.09. The van der Waals surface area contributed by atoms with Crippen molar-refractivity contribution in [3.8, 4) is 0 Å². The van der Waals surface area contributed by atoms with E-state index in [0.29, 0.717) is 16.4 Å². The first-order valence-corrected chi connectivity index (χ1v) is 6.68. The third-order valence-electron chi connectivity index (χ3n) is 2.03. The zero-order chi connectivity index (χ0) is 12.1. The summed E-state index contributed by atoms with van der Waals surface area (Å²) in [5.41, 5.74) is 1.53. The van der Waals surface area contributed by atoms with Crippen LogP contribution in [0, 0.1) is 5.82 Å². The molecule has 0 unspecified atom stereocenters. The topological polar surface area (TPSA) is 26.3 Å². The molecule has 1 aromatic rings. The van der Waals surface area contributed by atoms with Gasteiger partial charge in [0, 0.05) is 5.33 Å². The number of rotatable bonds is 4. The lowest BCUT2D eigenvalue weighted by atomic mass is 10.1. The molecule has 0 fully saturated rings. The minimum atomic E-state index is -0.331.